The highest BCUT2D eigenvalue weighted by Gasteiger charge is 2.12. The fraction of sp³-hybridized carbons (Fsp3) is 0.300. The van der Waals surface area contributed by atoms with E-state index < -0.39 is 5.97 Å². The van der Waals surface area contributed by atoms with E-state index >= 15 is 0 Å². The first-order valence-electron chi connectivity index (χ1n) is 4.24. The van der Waals surface area contributed by atoms with Gasteiger partial charge in [-0.3, -0.25) is 4.79 Å². The Hall–Kier alpha value is -0.820. The normalized spacial score (nSPS) is 9.87. The summed E-state index contributed by atoms with van der Waals surface area (Å²) in [4.78, 5) is 10.9. The van der Waals surface area contributed by atoms with Gasteiger partial charge in [-0.2, -0.15) is 0 Å². The van der Waals surface area contributed by atoms with Crippen LogP contribution >= 0.6 is 22.6 Å². The van der Waals surface area contributed by atoms with Crippen molar-refractivity contribution >= 4 is 28.6 Å². The topological polar surface area (TPSA) is 55.8 Å². The van der Waals surface area contributed by atoms with Crippen molar-refractivity contribution in [3.8, 4) is 11.5 Å². The van der Waals surface area contributed by atoms with Crippen LogP contribution in [0.25, 0.3) is 0 Å². The lowest BCUT2D eigenvalue weighted by Gasteiger charge is -2.11. The van der Waals surface area contributed by atoms with Crippen LogP contribution in [0.15, 0.2) is 12.1 Å². The van der Waals surface area contributed by atoms with Gasteiger partial charge in [-0.1, -0.05) is 0 Å². The summed E-state index contributed by atoms with van der Waals surface area (Å²) >= 11 is 2.02. The molecule has 0 spiro atoms. The predicted molar refractivity (Wildman–Crippen MR) is 62.9 cm³/mol. The zero-order valence-corrected chi connectivity index (χ0v) is 10.6. The molecule has 0 saturated heterocycles. The molecule has 0 atom stereocenters. The molecule has 5 heteroatoms. The van der Waals surface area contributed by atoms with Crippen LogP contribution in [0.2, 0.25) is 0 Å². The van der Waals surface area contributed by atoms with Crippen LogP contribution in [0.1, 0.15) is 12.5 Å². The van der Waals surface area contributed by atoms with Crippen LogP contribution in [0.4, 0.5) is 0 Å². The third kappa shape index (κ3) is 3.07. The molecule has 1 N–H and O–H groups in total. The number of hydrogen-bond donors (Lipinski definition) is 1. The number of halogens is 1. The van der Waals surface area contributed by atoms with Gasteiger partial charge >= 0.3 is 5.97 Å². The Balaban J connectivity index is 3.18. The Kier molecular flexibility index (Phi) is 4.34. The van der Waals surface area contributed by atoms with Crippen molar-refractivity contribution in [2.24, 2.45) is 0 Å². The maximum Gasteiger partial charge on any atom is 0.308 e. The molecule has 1 aromatic carbocycles. The number of aliphatic hydroxyl groups is 1. The summed E-state index contributed by atoms with van der Waals surface area (Å²) < 4.78 is 10.8. The predicted octanol–water partition coefficient (Wildman–Crippen LogP) is 1.72. The molecule has 0 radical (unpaired) electrons. The second-order valence-electron chi connectivity index (χ2n) is 2.86. The molecule has 15 heavy (non-hydrogen) atoms. The fourth-order valence-corrected chi connectivity index (χ4v) is 1.88. The number of ether oxygens (including phenoxy) is 2. The fourth-order valence-electron chi connectivity index (χ4n) is 1.11. The van der Waals surface area contributed by atoms with Gasteiger partial charge in [-0.25, -0.2) is 0 Å². The number of hydrogen-bond acceptors (Lipinski definition) is 4. The Morgan fingerprint density at radius 3 is 2.67 bits per heavy atom. The van der Waals surface area contributed by atoms with Gasteiger partial charge in [0.15, 0.2) is 11.5 Å². The maximum atomic E-state index is 10.9. The van der Waals surface area contributed by atoms with Crippen molar-refractivity contribution in [1.82, 2.24) is 0 Å². The molecule has 0 amide bonds. The molecular formula is C10H11IO4. The molecule has 0 heterocycles. The van der Waals surface area contributed by atoms with Gasteiger partial charge in [-0.05, 0) is 40.3 Å². The Morgan fingerprint density at radius 2 is 2.20 bits per heavy atom. The van der Waals surface area contributed by atoms with E-state index in [2.05, 4.69) is 0 Å². The number of esters is 1. The van der Waals surface area contributed by atoms with Crippen molar-refractivity contribution in [2.75, 3.05) is 7.11 Å². The van der Waals surface area contributed by atoms with Crippen molar-refractivity contribution in [3.63, 3.8) is 0 Å². The second kappa shape index (κ2) is 5.32. The Bertz CT molecular complexity index is 376. The van der Waals surface area contributed by atoms with Crippen molar-refractivity contribution in [2.45, 2.75) is 13.5 Å². The zero-order chi connectivity index (χ0) is 11.4. The molecule has 1 rings (SSSR count). The lowest BCUT2D eigenvalue weighted by atomic mass is 10.2. The number of carbonyl (C=O) groups excluding carboxylic acids is 1. The molecule has 0 aromatic heterocycles. The first kappa shape index (κ1) is 12.3. The molecule has 0 bridgehead atoms. The molecule has 4 nitrogen and oxygen atoms in total. The minimum atomic E-state index is -0.400. The monoisotopic (exact) mass is 322 g/mol. The van der Waals surface area contributed by atoms with E-state index in [4.69, 9.17) is 14.6 Å². The second-order valence-corrected chi connectivity index (χ2v) is 4.02. The van der Waals surface area contributed by atoms with Crippen LogP contribution in [-0.2, 0) is 11.4 Å². The summed E-state index contributed by atoms with van der Waals surface area (Å²) in [5, 5.41) is 8.99. The van der Waals surface area contributed by atoms with Crippen molar-refractivity contribution in [3.05, 3.63) is 21.3 Å². The average Bonchev–Trinajstić information content (AvgIpc) is 2.20. The summed E-state index contributed by atoms with van der Waals surface area (Å²) in [6, 6.07) is 3.38. The van der Waals surface area contributed by atoms with Crippen molar-refractivity contribution < 1.29 is 19.4 Å². The number of benzene rings is 1. The average molecular weight is 322 g/mol. The number of aliphatic hydroxyl groups excluding tert-OH is 1. The van der Waals surface area contributed by atoms with Crippen LogP contribution < -0.4 is 9.47 Å². The molecule has 0 aliphatic heterocycles. The summed E-state index contributed by atoms with van der Waals surface area (Å²) in [7, 11) is 1.49. The molecule has 0 unspecified atom stereocenters. The third-order valence-electron chi connectivity index (χ3n) is 1.72. The van der Waals surface area contributed by atoms with E-state index in [9.17, 15) is 4.79 Å². The van der Waals surface area contributed by atoms with Gasteiger partial charge in [-0.15, -0.1) is 0 Å². The first-order chi connectivity index (χ1) is 7.08. The smallest absolute Gasteiger partial charge is 0.308 e. The minimum absolute atomic E-state index is 0.0767. The summed E-state index contributed by atoms with van der Waals surface area (Å²) in [5.74, 6) is 0.437. The van der Waals surface area contributed by atoms with Crippen LogP contribution in [0, 0.1) is 3.57 Å². The highest BCUT2D eigenvalue weighted by molar-refractivity contribution is 14.1. The van der Waals surface area contributed by atoms with E-state index in [1.54, 1.807) is 12.1 Å². The summed E-state index contributed by atoms with van der Waals surface area (Å²) in [5.41, 5.74) is 0.715. The highest BCUT2D eigenvalue weighted by atomic mass is 127. The van der Waals surface area contributed by atoms with E-state index in [0.717, 1.165) is 3.57 Å². The largest absolute Gasteiger partial charge is 0.493 e. The molecular weight excluding hydrogens is 311 g/mol. The molecule has 0 aliphatic rings. The van der Waals surface area contributed by atoms with Gasteiger partial charge in [0.2, 0.25) is 0 Å². The van der Waals surface area contributed by atoms with Crippen LogP contribution in [-0.4, -0.2) is 18.2 Å². The van der Waals surface area contributed by atoms with Crippen molar-refractivity contribution in [1.29, 1.82) is 0 Å². The van der Waals surface area contributed by atoms with E-state index in [1.165, 1.54) is 14.0 Å². The minimum Gasteiger partial charge on any atom is -0.493 e. The van der Waals surface area contributed by atoms with Gasteiger partial charge < -0.3 is 14.6 Å². The maximum absolute atomic E-state index is 10.9. The SMILES string of the molecule is COc1cc(CO)cc(I)c1OC(C)=O. The van der Waals surface area contributed by atoms with E-state index in [-0.39, 0.29) is 6.61 Å². The van der Waals surface area contributed by atoms with Crippen LogP contribution in [0.3, 0.4) is 0 Å². The number of carbonyl (C=O) groups is 1. The number of methoxy groups -OCH3 is 1. The Labute approximate surface area is 101 Å². The summed E-state index contributed by atoms with van der Waals surface area (Å²) in [6.45, 7) is 1.25. The lowest BCUT2D eigenvalue weighted by molar-refractivity contribution is -0.132. The quantitative estimate of drug-likeness (QED) is 0.523. The van der Waals surface area contributed by atoms with Crippen LogP contribution in [0.5, 0.6) is 11.5 Å². The summed E-state index contributed by atoms with van der Waals surface area (Å²) in [6.07, 6.45) is 0. The molecule has 0 saturated carbocycles. The first-order valence-corrected chi connectivity index (χ1v) is 5.32. The molecule has 1 aromatic rings. The van der Waals surface area contributed by atoms with Gasteiger partial charge in [0.05, 0.1) is 17.3 Å². The van der Waals surface area contributed by atoms with Gasteiger partial charge in [0.25, 0.3) is 0 Å². The zero-order valence-electron chi connectivity index (χ0n) is 8.41. The third-order valence-corrected chi connectivity index (χ3v) is 2.52. The van der Waals surface area contributed by atoms with Gasteiger partial charge in [0.1, 0.15) is 0 Å². The standard InChI is InChI=1S/C10H11IO4/c1-6(13)15-10-8(11)3-7(5-12)4-9(10)14-2/h3-4,12H,5H2,1-2H3. The highest BCUT2D eigenvalue weighted by Crippen LogP contribution is 2.33. The van der Waals surface area contributed by atoms with E-state index in [0.29, 0.717) is 17.1 Å². The molecule has 0 fully saturated rings. The molecule has 0 aliphatic carbocycles. The van der Waals surface area contributed by atoms with E-state index in [1.807, 2.05) is 22.6 Å². The molecule has 82 valence electrons. The lowest BCUT2D eigenvalue weighted by Crippen LogP contribution is -2.05. The van der Waals surface area contributed by atoms with Gasteiger partial charge in [0, 0.05) is 6.92 Å². The number of rotatable bonds is 3. The Morgan fingerprint density at radius 1 is 1.53 bits per heavy atom.